The van der Waals surface area contributed by atoms with Crippen molar-refractivity contribution in [3.05, 3.63) is 0 Å². The van der Waals surface area contributed by atoms with Crippen molar-refractivity contribution in [3.8, 4) is 0 Å². The Hall–Kier alpha value is -1.79. The molecule has 0 bridgehead atoms. The summed E-state index contributed by atoms with van der Waals surface area (Å²) in [6.07, 6.45) is 1.01. The van der Waals surface area contributed by atoms with Crippen LogP contribution in [0, 0.1) is 5.92 Å². The Labute approximate surface area is 112 Å². The third-order valence-corrected chi connectivity index (χ3v) is 2.67. The molecule has 0 heterocycles. The minimum atomic E-state index is -1.07. The van der Waals surface area contributed by atoms with Crippen LogP contribution >= 0.6 is 0 Å². The Morgan fingerprint density at radius 1 is 1.37 bits per heavy atom. The van der Waals surface area contributed by atoms with Crippen molar-refractivity contribution in [1.82, 2.24) is 10.2 Å². The molecule has 2 atom stereocenters. The summed E-state index contributed by atoms with van der Waals surface area (Å²) in [7, 11) is 2.78. The van der Waals surface area contributed by atoms with Crippen LogP contribution in [0.5, 0.6) is 0 Å². The number of hydrogen-bond donors (Lipinski definition) is 2. The highest BCUT2D eigenvalue weighted by Crippen LogP contribution is 2.03. The molecular weight excluding hydrogens is 252 g/mol. The molecule has 0 spiro atoms. The molecule has 7 heteroatoms. The molecule has 0 aliphatic carbocycles. The molecule has 19 heavy (non-hydrogen) atoms. The number of amides is 2. The zero-order valence-electron chi connectivity index (χ0n) is 11.8. The zero-order chi connectivity index (χ0) is 15.0. The van der Waals surface area contributed by atoms with Gasteiger partial charge in [0, 0.05) is 13.6 Å². The van der Waals surface area contributed by atoms with Crippen molar-refractivity contribution < 1.29 is 24.2 Å². The van der Waals surface area contributed by atoms with E-state index >= 15 is 0 Å². The SMILES string of the molecule is CCC[C@H](NC(=O)N(C)CC(C)C(=O)OC)C(=O)O. The number of urea groups is 1. The number of esters is 1. The highest BCUT2D eigenvalue weighted by atomic mass is 16.5. The van der Waals surface area contributed by atoms with E-state index in [9.17, 15) is 14.4 Å². The average molecular weight is 274 g/mol. The van der Waals surface area contributed by atoms with Gasteiger partial charge >= 0.3 is 18.0 Å². The van der Waals surface area contributed by atoms with E-state index < -0.39 is 29.9 Å². The first-order valence-corrected chi connectivity index (χ1v) is 6.15. The largest absolute Gasteiger partial charge is 0.480 e. The molecule has 0 saturated heterocycles. The van der Waals surface area contributed by atoms with Crippen LogP contribution in [0.3, 0.4) is 0 Å². The van der Waals surface area contributed by atoms with Gasteiger partial charge in [-0.15, -0.1) is 0 Å². The fourth-order valence-corrected chi connectivity index (χ4v) is 1.57. The number of carboxylic acids is 1. The third kappa shape index (κ3) is 6.08. The molecule has 0 aromatic heterocycles. The van der Waals surface area contributed by atoms with Gasteiger partial charge in [-0.05, 0) is 6.42 Å². The highest BCUT2D eigenvalue weighted by Gasteiger charge is 2.23. The van der Waals surface area contributed by atoms with Crippen molar-refractivity contribution in [1.29, 1.82) is 0 Å². The molecule has 0 aliphatic heterocycles. The summed E-state index contributed by atoms with van der Waals surface area (Å²) in [4.78, 5) is 35.2. The lowest BCUT2D eigenvalue weighted by Gasteiger charge is -2.23. The topological polar surface area (TPSA) is 95.9 Å². The van der Waals surface area contributed by atoms with Crippen LogP contribution < -0.4 is 5.32 Å². The molecule has 7 nitrogen and oxygen atoms in total. The number of hydrogen-bond acceptors (Lipinski definition) is 4. The maximum atomic E-state index is 11.8. The van der Waals surface area contributed by atoms with Gasteiger partial charge in [0.05, 0.1) is 13.0 Å². The third-order valence-electron chi connectivity index (χ3n) is 2.67. The zero-order valence-corrected chi connectivity index (χ0v) is 11.8. The lowest BCUT2D eigenvalue weighted by molar-refractivity contribution is -0.145. The lowest BCUT2D eigenvalue weighted by Crippen LogP contribution is -2.48. The number of nitrogens with one attached hydrogen (secondary N) is 1. The van der Waals surface area contributed by atoms with Crippen LogP contribution in [0.25, 0.3) is 0 Å². The number of carbonyl (C=O) groups excluding carboxylic acids is 2. The van der Waals surface area contributed by atoms with E-state index in [2.05, 4.69) is 10.1 Å². The molecule has 2 amide bonds. The predicted molar refractivity (Wildman–Crippen MR) is 68.7 cm³/mol. The van der Waals surface area contributed by atoms with Gasteiger partial charge in [0.2, 0.25) is 0 Å². The molecule has 0 aromatic carbocycles. The number of carbonyl (C=O) groups is 3. The number of rotatable bonds is 7. The summed E-state index contributed by atoms with van der Waals surface area (Å²) in [5, 5.41) is 11.4. The van der Waals surface area contributed by atoms with Crippen molar-refractivity contribution in [2.45, 2.75) is 32.7 Å². The minimum absolute atomic E-state index is 0.164. The standard InChI is InChI=1S/C12H22N2O5/c1-5-6-9(10(15)16)13-12(18)14(3)7-8(2)11(17)19-4/h8-9H,5-7H2,1-4H3,(H,13,18)(H,15,16)/t8?,9-/m0/s1. The molecule has 0 rings (SSSR count). The van der Waals surface area contributed by atoms with Crippen molar-refractivity contribution in [3.63, 3.8) is 0 Å². The molecular formula is C12H22N2O5. The number of aliphatic carboxylic acids is 1. The van der Waals surface area contributed by atoms with Crippen molar-refractivity contribution in [2.24, 2.45) is 5.92 Å². The summed E-state index contributed by atoms with van der Waals surface area (Å²) >= 11 is 0. The van der Waals surface area contributed by atoms with Crippen LogP contribution in [0.2, 0.25) is 0 Å². The maximum absolute atomic E-state index is 11.8. The summed E-state index contributed by atoms with van der Waals surface area (Å²) in [5.74, 6) is -1.94. The number of methoxy groups -OCH3 is 1. The van der Waals surface area contributed by atoms with E-state index in [0.29, 0.717) is 12.8 Å². The average Bonchev–Trinajstić information content (AvgIpc) is 2.36. The summed E-state index contributed by atoms with van der Waals surface area (Å²) < 4.78 is 4.56. The van der Waals surface area contributed by atoms with Gasteiger partial charge < -0.3 is 20.1 Å². The first kappa shape index (κ1) is 17.2. The second-order valence-corrected chi connectivity index (χ2v) is 4.43. The Morgan fingerprint density at radius 3 is 2.37 bits per heavy atom. The van der Waals surface area contributed by atoms with E-state index in [1.54, 1.807) is 6.92 Å². The molecule has 110 valence electrons. The smallest absolute Gasteiger partial charge is 0.326 e. The first-order chi connectivity index (χ1) is 8.83. The minimum Gasteiger partial charge on any atom is -0.480 e. The summed E-state index contributed by atoms with van der Waals surface area (Å²) in [6.45, 7) is 3.64. The van der Waals surface area contributed by atoms with Crippen LogP contribution in [-0.2, 0) is 14.3 Å². The van der Waals surface area contributed by atoms with E-state index in [4.69, 9.17) is 5.11 Å². The quantitative estimate of drug-likeness (QED) is 0.666. The monoisotopic (exact) mass is 274 g/mol. The fourth-order valence-electron chi connectivity index (χ4n) is 1.57. The van der Waals surface area contributed by atoms with Gasteiger partial charge in [-0.25, -0.2) is 9.59 Å². The second-order valence-electron chi connectivity index (χ2n) is 4.43. The van der Waals surface area contributed by atoms with Crippen molar-refractivity contribution in [2.75, 3.05) is 20.7 Å². The molecule has 0 aromatic rings. The summed E-state index contributed by atoms with van der Waals surface area (Å²) in [5.41, 5.74) is 0. The van der Waals surface area contributed by atoms with E-state index in [1.807, 2.05) is 6.92 Å². The van der Waals surface area contributed by atoms with Crippen LogP contribution in [0.1, 0.15) is 26.7 Å². The van der Waals surface area contributed by atoms with Crippen LogP contribution in [0.15, 0.2) is 0 Å². The molecule has 0 fully saturated rings. The van der Waals surface area contributed by atoms with Crippen LogP contribution in [-0.4, -0.2) is 54.7 Å². The number of ether oxygens (including phenoxy) is 1. The number of carboxylic acid groups (broad SMARTS) is 1. The highest BCUT2D eigenvalue weighted by molar-refractivity contribution is 5.82. The molecule has 1 unspecified atom stereocenters. The molecule has 0 radical (unpaired) electrons. The summed E-state index contributed by atoms with van der Waals surface area (Å²) in [6, 6.07) is -1.43. The molecule has 0 aliphatic rings. The molecule has 0 saturated carbocycles. The van der Waals surface area contributed by atoms with Gasteiger partial charge in [-0.2, -0.15) is 0 Å². The van der Waals surface area contributed by atoms with Gasteiger partial charge in [-0.3, -0.25) is 4.79 Å². The van der Waals surface area contributed by atoms with Crippen LogP contribution in [0.4, 0.5) is 4.79 Å². The number of nitrogens with zero attached hydrogens (tertiary/aromatic N) is 1. The molecule has 2 N–H and O–H groups in total. The van der Waals surface area contributed by atoms with Gasteiger partial charge in [-0.1, -0.05) is 20.3 Å². The first-order valence-electron chi connectivity index (χ1n) is 6.15. The van der Waals surface area contributed by atoms with Gasteiger partial charge in [0.25, 0.3) is 0 Å². The normalized spacial score (nSPS) is 13.3. The van der Waals surface area contributed by atoms with E-state index in [0.717, 1.165) is 0 Å². The fraction of sp³-hybridized carbons (Fsp3) is 0.750. The lowest BCUT2D eigenvalue weighted by atomic mass is 10.1. The van der Waals surface area contributed by atoms with E-state index in [1.165, 1.54) is 19.1 Å². The van der Waals surface area contributed by atoms with Gasteiger partial charge in [0.1, 0.15) is 6.04 Å². The Bertz CT molecular complexity index is 332. The second kappa shape index (κ2) is 8.34. The Kier molecular flexibility index (Phi) is 7.55. The van der Waals surface area contributed by atoms with Crippen molar-refractivity contribution >= 4 is 18.0 Å². The predicted octanol–water partition coefficient (Wildman–Crippen LogP) is 0.690. The Balaban J connectivity index is 4.40. The van der Waals surface area contributed by atoms with Gasteiger partial charge in [0.15, 0.2) is 0 Å². The maximum Gasteiger partial charge on any atom is 0.326 e. The van der Waals surface area contributed by atoms with E-state index in [-0.39, 0.29) is 6.54 Å². The Morgan fingerprint density at radius 2 is 1.95 bits per heavy atom.